The fourth-order valence-electron chi connectivity index (χ4n) is 5.31. The highest BCUT2D eigenvalue weighted by atomic mass is 32.2. The van der Waals surface area contributed by atoms with Gasteiger partial charge >= 0.3 is 0 Å². The van der Waals surface area contributed by atoms with Gasteiger partial charge in [-0.15, -0.1) is 0 Å². The number of carbonyl (C=O) groups is 2. The summed E-state index contributed by atoms with van der Waals surface area (Å²) in [5.74, 6) is -0.182. The van der Waals surface area contributed by atoms with Crippen molar-refractivity contribution in [2.75, 3.05) is 31.1 Å². The van der Waals surface area contributed by atoms with Crippen molar-refractivity contribution in [1.29, 1.82) is 0 Å². The molecule has 31 heavy (non-hydrogen) atoms. The Morgan fingerprint density at radius 3 is 2.39 bits per heavy atom. The van der Waals surface area contributed by atoms with Gasteiger partial charge in [-0.3, -0.25) is 9.59 Å². The molecule has 7 nitrogen and oxygen atoms in total. The second-order valence-corrected chi connectivity index (χ2v) is 11.1. The quantitative estimate of drug-likeness (QED) is 0.714. The van der Waals surface area contributed by atoms with Crippen LogP contribution in [0.25, 0.3) is 0 Å². The molecule has 0 N–H and O–H groups in total. The molecule has 4 rings (SSSR count). The third-order valence-electron chi connectivity index (χ3n) is 6.89. The molecule has 170 valence electrons. The first-order chi connectivity index (χ1) is 14.8. The topological polar surface area (TPSA) is 78.0 Å². The molecule has 2 fully saturated rings. The Kier molecular flexibility index (Phi) is 6.40. The number of hydrogen-bond donors (Lipinski definition) is 0. The maximum atomic E-state index is 13.4. The van der Waals surface area contributed by atoms with Crippen molar-refractivity contribution in [2.24, 2.45) is 5.92 Å². The average molecular weight is 448 g/mol. The minimum atomic E-state index is -3.68. The molecule has 0 aliphatic carbocycles. The highest BCUT2D eigenvalue weighted by molar-refractivity contribution is 7.89. The van der Waals surface area contributed by atoms with Gasteiger partial charge in [0.05, 0.1) is 10.8 Å². The lowest BCUT2D eigenvalue weighted by Crippen LogP contribution is -2.47. The average Bonchev–Trinajstić information content (AvgIpc) is 2.90. The first-order valence-electron chi connectivity index (χ1n) is 11.5. The Hall–Kier alpha value is -1.93. The molecule has 1 aromatic rings. The van der Waals surface area contributed by atoms with Crippen LogP contribution in [-0.2, 0) is 26.0 Å². The number of sulfonamides is 1. The van der Waals surface area contributed by atoms with Crippen molar-refractivity contribution in [3.8, 4) is 0 Å². The van der Waals surface area contributed by atoms with Gasteiger partial charge in [0, 0.05) is 44.8 Å². The van der Waals surface area contributed by atoms with E-state index < -0.39 is 10.0 Å². The number of hydrogen-bond acceptors (Lipinski definition) is 4. The van der Waals surface area contributed by atoms with Crippen molar-refractivity contribution < 1.29 is 18.0 Å². The fraction of sp³-hybridized carbons (Fsp3) is 0.652. The number of benzene rings is 1. The molecule has 3 aliphatic heterocycles. The number of fused-ring (bicyclic) bond motifs is 1. The zero-order valence-corrected chi connectivity index (χ0v) is 19.4. The van der Waals surface area contributed by atoms with Crippen molar-refractivity contribution in [2.45, 2.75) is 69.7 Å². The molecule has 0 saturated carbocycles. The molecule has 8 heteroatoms. The van der Waals surface area contributed by atoms with E-state index in [0.29, 0.717) is 19.4 Å². The van der Waals surface area contributed by atoms with Crippen LogP contribution in [0.5, 0.6) is 0 Å². The zero-order valence-electron chi connectivity index (χ0n) is 18.5. The van der Waals surface area contributed by atoms with E-state index in [9.17, 15) is 18.0 Å². The summed E-state index contributed by atoms with van der Waals surface area (Å²) < 4.78 is 28.3. The molecular formula is C23H33N3O4S. The highest BCUT2D eigenvalue weighted by Gasteiger charge is 2.36. The van der Waals surface area contributed by atoms with Gasteiger partial charge < -0.3 is 9.80 Å². The SMILES string of the molecule is CC(=O)N1c2ccc(S(=O)(=O)N3CCC[C@H](C(=O)N4CCCCCC4)C3)cc2C[C@@H]1C. The summed E-state index contributed by atoms with van der Waals surface area (Å²) in [4.78, 5) is 29.0. The van der Waals surface area contributed by atoms with Gasteiger partial charge in [0.1, 0.15) is 0 Å². The molecule has 1 aromatic carbocycles. The molecule has 0 radical (unpaired) electrons. The number of amides is 2. The molecule has 3 aliphatic rings. The lowest BCUT2D eigenvalue weighted by Gasteiger charge is -2.34. The Morgan fingerprint density at radius 2 is 1.71 bits per heavy atom. The normalized spacial score (nSPS) is 25.2. The first kappa shape index (κ1) is 22.3. The number of likely N-dealkylation sites (tertiary alicyclic amines) is 1. The Labute approximate surface area is 185 Å². The maximum Gasteiger partial charge on any atom is 0.243 e. The number of rotatable bonds is 3. The number of carbonyl (C=O) groups excluding carboxylic acids is 2. The van der Waals surface area contributed by atoms with Crippen molar-refractivity contribution in [3.05, 3.63) is 23.8 Å². The van der Waals surface area contributed by atoms with Crippen molar-refractivity contribution in [1.82, 2.24) is 9.21 Å². The van der Waals surface area contributed by atoms with Gasteiger partial charge in [0.25, 0.3) is 0 Å². The predicted molar refractivity (Wildman–Crippen MR) is 119 cm³/mol. The monoisotopic (exact) mass is 447 g/mol. The molecule has 2 atom stereocenters. The molecule has 2 amide bonds. The molecule has 0 aromatic heterocycles. The minimum Gasteiger partial charge on any atom is -0.342 e. The summed E-state index contributed by atoms with van der Waals surface area (Å²) in [7, 11) is -3.68. The number of nitrogens with zero attached hydrogens (tertiary/aromatic N) is 3. The summed E-state index contributed by atoms with van der Waals surface area (Å²) >= 11 is 0. The van der Waals surface area contributed by atoms with E-state index >= 15 is 0 Å². The van der Waals surface area contributed by atoms with E-state index in [1.807, 2.05) is 11.8 Å². The standard InChI is InChI=1S/C23H33N3O4S/c1-17-14-20-15-21(9-10-22(20)26(17)18(2)27)31(29,30)25-13-7-8-19(16-25)23(28)24-11-5-3-4-6-12-24/h9-10,15,17,19H,3-8,11-14,16H2,1-2H3/t17-,19-/m0/s1. The third kappa shape index (κ3) is 4.37. The van der Waals surface area contributed by atoms with E-state index in [-0.39, 0.29) is 35.2 Å². The fourth-order valence-corrected chi connectivity index (χ4v) is 6.88. The van der Waals surface area contributed by atoms with Crippen LogP contribution in [0.2, 0.25) is 0 Å². The van der Waals surface area contributed by atoms with E-state index in [0.717, 1.165) is 56.4 Å². The lowest BCUT2D eigenvalue weighted by molar-refractivity contribution is -0.136. The smallest absolute Gasteiger partial charge is 0.243 e. The largest absolute Gasteiger partial charge is 0.342 e. The number of anilines is 1. The summed E-state index contributed by atoms with van der Waals surface area (Å²) in [5.41, 5.74) is 1.68. The third-order valence-corrected chi connectivity index (χ3v) is 8.76. The van der Waals surface area contributed by atoms with Gasteiger partial charge in [-0.2, -0.15) is 4.31 Å². The molecule has 2 saturated heterocycles. The first-order valence-corrected chi connectivity index (χ1v) is 12.9. The minimum absolute atomic E-state index is 0.0241. The second kappa shape index (κ2) is 8.90. The summed E-state index contributed by atoms with van der Waals surface area (Å²) in [5, 5.41) is 0. The van der Waals surface area contributed by atoms with E-state index in [4.69, 9.17) is 0 Å². The summed E-state index contributed by atoms with van der Waals surface area (Å²) in [6.07, 6.45) is 6.48. The van der Waals surface area contributed by atoms with Crippen LogP contribution in [0.4, 0.5) is 5.69 Å². The number of piperidine rings is 1. The van der Waals surface area contributed by atoms with Crippen LogP contribution in [-0.4, -0.2) is 61.7 Å². The summed E-state index contributed by atoms with van der Waals surface area (Å²) in [6.45, 7) is 5.78. The van der Waals surface area contributed by atoms with Gasteiger partial charge in [0.15, 0.2) is 0 Å². The maximum absolute atomic E-state index is 13.4. The van der Waals surface area contributed by atoms with Crippen LogP contribution in [0.15, 0.2) is 23.1 Å². The Bertz CT molecular complexity index is 954. The van der Waals surface area contributed by atoms with Gasteiger partial charge in [0.2, 0.25) is 21.8 Å². The van der Waals surface area contributed by atoms with Gasteiger partial charge in [-0.05, 0) is 62.8 Å². The van der Waals surface area contributed by atoms with E-state index in [2.05, 4.69) is 0 Å². The Morgan fingerprint density at radius 1 is 1.00 bits per heavy atom. The molecule has 0 spiro atoms. The van der Waals surface area contributed by atoms with Crippen LogP contribution in [0, 0.1) is 5.92 Å². The zero-order chi connectivity index (χ0) is 22.2. The molecule has 0 bridgehead atoms. The lowest BCUT2D eigenvalue weighted by atomic mass is 9.98. The van der Waals surface area contributed by atoms with Crippen molar-refractivity contribution in [3.63, 3.8) is 0 Å². The van der Waals surface area contributed by atoms with Crippen LogP contribution < -0.4 is 4.90 Å². The highest BCUT2D eigenvalue weighted by Crippen LogP contribution is 2.35. The van der Waals surface area contributed by atoms with Crippen LogP contribution in [0.1, 0.15) is 57.9 Å². The molecule has 0 unspecified atom stereocenters. The molecular weight excluding hydrogens is 414 g/mol. The van der Waals surface area contributed by atoms with Crippen molar-refractivity contribution >= 4 is 27.5 Å². The van der Waals surface area contributed by atoms with Gasteiger partial charge in [-0.1, -0.05) is 12.8 Å². The van der Waals surface area contributed by atoms with Gasteiger partial charge in [-0.25, -0.2) is 8.42 Å². The second-order valence-electron chi connectivity index (χ2n) is 9.17. The summed E-state index contributed by atoms with van der Waals surface area (Å²) in [6, 6.07) is 5.08. The Balaban J connectivity index is 1.52. The van der Waals surface area contributed by atoms with E-state index in [1.165, 1.54) is 11.2 Å². The molecule has 3 heterocycles. The van der Waals surface area contributed by atoms with Crippen LogP contribution in [0.3, 0.4) is 0 Å². The van der Waals surface area contributed by atoms with E-state index in [1.54, 1.807) is 23.1 Å². The predicted octanol–water partition coefficient (Wildman–Crippen LogP) is 2.79. The van der Waals surface area contributed by atoms with Crippen LogP contribution >= 0.6 is 0 Å².